The molecule has 0 unspecified atom stereocenters. The van der Waals surface area contributed by atoms with Gasteiger partial charge in [-0.25, -0.2) is 12.7 Å². The van der Waals surface area contributed by atoms with Gasteiger partial charge in [-0.2, -0.15) is 0 Å². The molecule has 1 atom stereocenters. The molecule has 1 heterocycles. The predicted molar refractivity (Wildman–Crippen MR) is 70.2 cm³/mol. The minimum absolute atomic E-state index is 0.0736. The first kappa shape index (κ1) is 16.4. The molecule has 8 heteroatoms. The smallest absolute Gasteiger partial charge is 0.320 e. The summed E-state index contributed by atoms with van der Waals surface area (Å²) in [5, 5.41) is 8.63. The van der Waals surface area contributed by atoms with Crippen molar-refractivity contribution in [1.82, 2.24) is 4.31 Å². The number of sulfonamides is 1. The average molecular weight is 294 g/mol. The lowest BCUT2D eigenvalue weighted by Crippen LogP contribution is -2.38. The van der Waals surface area contributed by atoms with Crippen molar-refractivity contribution < 1.29 is 23.1 Å². The first-order chi connectivity index (χ1) is 8.83. The van der Waals surface area contributed by atoms with Gasteiger partial charge >= 0.3 is 5.97 Å². The maximum Gasteiger partial charge on any atom is 0.320 e. The van der Waals surface area contributed by atoms with E-state index in [9.17, 15) is 13.2 Å². The highest BCUT2D eigenvalue weighted by Gasteiger charge is 2.24. The van der Waals surface area contributed by atoms with Gasteiger partial charge in [-0.05, 0) is 25.2 Å². The Bertz CT molecular complexity index is 392. The van der Waals surface area contributed by atoms with E-state index in [4.69, 9.17) is 15.6 Å². The summed E-state index contributed by atoms with van der Waals surface area (Å²) in [5.41, 5.74) is 5.31. The SMILES string of the molecule is CN(CC1CCOCC1)S(=O)(=O)CC[C@H](N)C(=O)O. The number of hydrogen-bond donors (Lipinski definition) is 2. The van der Waals surface area contributed by atoms with Crippen molar-refractivity contribution in [3.63, 3.8) is 0 Å². The zero-order valence-electron chi connectivity index (χ0n) is 11.1. The molecule has 0 spiro atoms. The van der Waals surface area contributed by atoms with Gasteiger partial charge in [0.1, 0.15) is 6.04 Å². The number of hydrogen-bond acceptors (Lipinski definition) is 5. The first-order valence-corrected chi connectivity index (χ1v) is 7.94. The lowest BCUT2D eigenvalue weighted by Gasteiger charge is -2.26. The molecule has 1 rings (SSSR count). The monoisotopic (exact) mass is 294 g/mol. The van der Waals surface area contributed by atoms with Gasteiger partial charge in [0, 0.05) is 26.8 Å². The molecule has 1 saturated heterocycles. The van der Waals surface area contributed by atoms with Crippen LogP contribution in [0.25, 0.3) is 0 Å². The Balaban J connectivity index is 2.44. The Morgan fingerprint density at radius 2 is 2.05 bits per heavy atom. The topological polar surface area (TPSA) is 110 Å². The maximum absolute atomic E-state index is 12.0. The van der Waals surface area contributed by atoms with Crippen LogP contribution >= 0.6 is 0 Å². The number of rotatable bonds is 7. The standard InChI is InChI=1S/C11H22N2O5S/c1-13(8-9-2-5-18-6-3-9)19(16,17)7-4-10(12)11(14)15/h9-10H,2-8,12H2,1H3,(H,14,15)/t10-/m0/s1. The number of carboxylic acid groups (broad SMARTS) is 1. The van der Waals surface area contributed by atoms with Gasteiger partial charge in [0.15, 0.2) is 0 Å². The highest BCUT2D eigenvalue weighted by atomic mass is 32.2. The largest absolute Gasteiger partial charge is 0.480 e. The number of ether oxygens (including phenoxy) is 1. The third kappa shape index (κ3) is 5.43. The molecular formula is C11H22N2O5S. The molecule has 112 valence electrons. The molecule has 0 bridgehead atoms. The van der Waals surface area contributed by atoms with Crippen molar-refractivity contribution in [2.75, 3.05) is 32.6 Å². The average Bonchev–Trinajstić information content (AvgIpc) is 2.37. The van der Waals surface area contributed by atoms with Gasteiger partial charge in [0.25, 0.3) is 0 Å². The van der Waals surface area contributed by atoms with E-state index >= 15 is 0 Å². The van der Waals surface area contributed by atoms with Gasteiger partial charge in [0.05, 0.1) is 5.75 Å². The molecule has 0 aromatic carbocycles. The lowest BCUT2D eigenvalue weighted by atomic mass is 10.0. The summed E-state index contributed by atoms with van der Waals surface area (Å²) < 4.78 is 30.5. The fourth-order valence-corrected chi connectivity index (χ4v) is 3.26. The van der Waals surface area contributed by atoms with Crippen molar-refractivity contribution in [3.05, 3.63) is 0 Å². The van der Waals surface area contributed by atoms with Crippen molar-refractivity contribution in [3.8, 4) is 0 Å². The van der Waals surface area contributed by atoms with E-state index in [1.54, 1.807) is 0 Å². The summed E-state index contributed by atoms with van der Waals surface area (Å²) in [6.45, 7) is 1.79. The molecule has 0 radical (unpaired) electrons. The molecule has 0 aromatic heterocycles. The van der Waals surface area contributed by atoms with Crippen LogP contribution in [0.3, 0.4) is 0 Å². The summed E-state index contributed by atoms with van der Waals surface area (Å²) >= 11 is 0. The van der Waals surface area contributed by atoms with Crippen LogP contribution in [-0.4, -0.2) is 62.4 Å². The van der Waals surface area contributed by atoms with Gasteiger partial charge in [-0.3, -0.25) is 4.79 Å². The molecular weight excluding hydrogens is 272 g/mol. The molecule has 19 heavy (non-hydrogen) atoms. The number of aliphatic carboxylic acids is 1. The van der Waals surface area contributed by atoms with Gasteiger partial charge in [0.2, 0.25) is 10.0 Å². The summed E-state index contributed by atoms with van der Waals surface area (Å²) in [7, 11) is -1.91. The third-order valence-electron chi connectivity index (χ3n) is 3.34. The molecule has 0 aromatic rings. The summed E-state index contributed by atoms with van der Waals surface area (Å²) in [4.78, 5) is 10.6. The van der Waals surface area contributed by atoms with Crippen LogP contribution in [-0.2, 0) is 19.6 Å². The van der Waals surface area contributed by atoms with Crippen LogP contribution in [0.15, 0.2) is 0 Å². The lowest BCUT2D eigenvalue weighted by molar-refractivity contribution is -0.138. The highest BCUT2D eigenvalue weighted by molar-refractivity contribution is 7.89. The van der Waals surface area contributed by atoms with E-state index in [0.717, 1.165) is 12.8 Å². The second-order valence-corrected chi connectivity index (χ2v) is 7.08. The second kappa shape index (κ2) is 7.18. The highest BCUT2D eigenvalue weighted by Crippen LogP contribution is 2.17. The number of nitrogens with zero attached hydrogens (tertiary/aromatic N) is 1. The molecule has 0 aliphatic carbocycles. The Morgan fingerprint density at radius 3 is 2.58 bits per heavy atom. The quantitative estimate of drug-likeness (QED) is 0.653. The Labute approximate surface area is 113 Å². The number of carbonyl (C=O) groups is 1. The van der Waals surface area contributed by atoms with Crippen molar-refractivity contribution >= 4 is 16.0 Å². The molecule has 7 nitrogen and oxygen atoms in total. The van der Waals surface area contributed by atoms with Crippen LogP contribution < -0.4 is 5.73 Å². The molecule has 3 N–H and O–H groups in total. The van der Waals surface area contributed by atoms with Crippen molar-refractivity contribution in [1.29, 1.82) is 0 Å². The maximum atomic E-state index is 12.0. The molecule has 1 aliphatic heterocycles. The van der Waals surface area contributed by atoms with Crippen LogP contribution in [0, 0.1) is 5.92 Å². The van der Waals surface area contributed by atoms with Crippen molar-refractivity contribution in [2.24, 2.45) is 11.7 Å². The molecule has 0 saturated carbocycles. The molecule has 0 amide bonds. The van der Waals surface area contributed by atoms with Crippen LogP contribution in [0.2, 0.25) is 0 Å². The Kier molecular flexibility index (Phi) is 6.18. The van der Waals surface area contributed by atoms with Gasteiger partial charge in [-0.1, -0.05) is 0 Å². The van der Waals surface area contributed by atoms with E-state index < -0.39 is 22.0 Å². The second-order valence-electron chi connectivity index (χ2n) is 4.89. The van der Waals surface area contributed by atoms with Crippen LogP contribution in [0.1, 0.15) is 19.3 Å². The number of carboxylic acids is 1. The minimum atomic E-state index is -3.44. The number of nitrogens with two attached hydrogens (primary N) is 1. The first-order valence-electron chi connectivity index (χ1n) is 6.33. The van der Waals surface area contributed by atoms with E-state index in [1.807, 2.05) is 0 Å². The van der Waals surface area contributed by atoms with E-state index in [2.05, 4.69) is 0 Å². The normalized spacial score (nSPS) is 19.5. The van der Waals surface area contributed by atoms with Gasteiger partial charge in [-0.15, -0.1) is 0 Å². The fraction of sp³-hybridized carbons (Fsp3) is 0.909. The third-order valence-corrected chi connectivity index (χ3v) is 5.19. The van der Waals surface area contributed by atoms with Gasteiger partial charge < -0.3 is 15.6 Å². The molecule has 1 aliphatic rings. The minimum Gasteiger partial charge on any atom is -0.480 e. The van der Waals surface area contributed by atoms with E-state index in [-0.39, 0.29) is 12.2 Å². The Hall–Kier alpha value is -0.700. The van der Waals surface area contributed by atoms with Crippen molar-refractivity contribution in [2.45, 2.75) is 25.3 Å². The summed E-state index contributed by atoms with van der Waals surface area (Å²) in [5.74, 6) is -1.11. The zero-order valence-corrected chi connectivity index (χ0v) is 11.9. The Morgan fingerprint density at radius 1 is 1.47 bits per heavy atom. The summed E-state index contributed by atoms with van der Waals surface area (Å²) in [6, 6.07) is -1.13. The summed E-state index contributed by atoms with van der Waals surface area (Å²) in [6.07, 6.45) is 1.64. The van der Waals surface area contributed by atoms with E-state index in [0.29, 0.717) is 25.7 Å². The zero-order chi connectivity index (χ0) is 14.5. The van der Waals surface area contributed by atoms with Crippen LogP contribution in [0.5, 0.6) is 0 Å². The predicted octanol–water partition coefficient (Wildman–Crippen LogP) is -0.523. The molecule has 1 fully saturated rings. The fourth-order valence-electron chi connectivity index (χ4n) is 1.96. The van der Waals surface area contributed by atoms with E-state index in [1.165, 1.54) is 11.4 Å². The van der Waals surface area contributed by atoms with Crippen LogP contribution in [0.4, 0.5) is 0 Å².